The number of nitrogens with two attached hydrogens (primary N) is 1. The van der Waals surface area contributed by atoms with Gasteiger partial charge >= 0.3 is 0 Å². The van der Waals surface area contributed by atoms with Crippen molar-refractivity contribution < 1.29 is 8.42 Å². The number of nitrogen functional groups attached to an aromatic ring is 1. The number of hydrogen-bond donors (Lipinski definition) is 1. The number of anilines is 1. The lowest BCUT2D eigenvalue weighted by Crippen LogP contribution is -2.06. The number of rotatable bonds is 7. The Morgan fingerprint density at radius 3 is 2.85 bits per heavy atom. The molecular formula is C11H17N5O2S2. The van der Waals surface area contributed by atoms with Crippen LogP contribution in [0.25, 0.3) is 11.2 Å². The second kappa shape index (κ2) is 6.40. The molecule has 0 bridgehead atoms. The Kier molecular flexibility index (Phi) is 4.81. The number of imidazole rings is 1. The van der Waals surface area contributed by atoms with Gasteiger partial charge in [0.25, 0.3) is 0 Å². The fraction of sp³-hybridized carbons (Fsp3) is 0.545. The molecule has 0 spiro atoms. The molecule has 20 heavy (non-hydrogen) atoms. The lowest BCUT2D eigenvalue weighted by molar-refractivity contribution is 0.603. The van der Waals surface area contributed by atoms with E-state index in [1.54, 1.807) is 18.1 Å². The number of aryl methyl sites for hydroxylation is 1. The zero-order valence-electron chi connectivity index (χ0n) is 11.2. The smallest absolute Gasteiger partial charge is 0.165 e. The third-order valence-corrected chi connectivity index (χ3v) is 4.99. The van der Waals surface area contributed by atoms with Gasteiger partial charge in [-0.05, 0) is 12.2 Å². The van der Waals surface area contributed by atoms with E-state index in [1.165, 1.54) is 12.6 Å². The Hall–Kier alpha value is -1.35. The molecule has 2 heterocycles. The molecule has 0 radical (unpaired) electrons. The Bertz CT molecular complexity index is 683. The molecule has 9 heteroatoms. The van der Waals surface area contributed by atoms with E-state index in [4.69, 9.17) is 5.73 Å². The molecule has 0 saturated heterocycles. The summed E-state index contributed by atoms with van der Waals surface area (Å²) in [7, 11) is -2.85. The van der Waals surface area contributed by atoms with Crippen molar-refractivity contribution in [1.82, 2.24) is 19.5 Å². The Balaban J connectivity index is 1.80. The lowest BCUT2D eigenvalue weighted by atomic mass is 10.4. The van der Waals surface area contributed by atoms with E-state index >= 15 is 0 Å². The summed E-state index contributed by atoms with van der Waals surface area (Å²) in [4.78, 5) is 12.3. The molecular weight excluding hydrogens is 298 g/mol. The van der Waals surface area contributed by atoms with Crippen LogP contribution in [0.1, 0.15) is 6.42 Å². The number of thioether (sulfide) groups is 1. The molecule has 0 aliphatic heterocycles. The monoisotopic (exact) mass is 315 g/mol. The van der Waals surface area contributed by atoms with E-state index in [0.717, 1.165) is 24.4 Å². The van der Waals surface area contributed by atoms with E-state index in [-0.39, 0.29) is 5.75 Å². The van der Waals surface area contributed by atoms with Crippen molar-refractivity contribution >= 4 is 38.6 Å². The van der Waals surface area contributed by atoms with Gasteiger partial charge in [-0.15, -0.1) is 0 Å². The standard InChI is InChI=1S/C11H17N5O2S2/c1-20(17,18)6-5-19-4-2-3-16-8-15-9-10(12)13-7-14-11(9)16/h7-8H,2-6H2,1H3,(H2,12,13,14). The van der Waals surface area contributed by atoms with Gasteiger partial charge in [-0.25, -0.2) is 23.4 Å². The first-order chi connectivity index (χ1) is 9.47. The predicted octanol–water partition coefficient (Wildman–Crippen LogP) is 0.576. The SMILES string of the molecule is CS(=O)(=O)CCSCCCn1cnc2c(N)ncnc21. The fourth-order valence-electron chi connectivity index (χ4n) is 1.71. The third kappa shape index (κ3) is 4.07. The number of aromatic nitrogens is 4. The molecule has 2 aromatic rings. The van der Waals surface area contributed by atoms with Crippen molar-refractivity contribution in [3.63, 3.8) is 0 Å². The molecule has 0 unspecified atom stereocenters. The Labute approximate surface area is 121 Å². The van der Waals surface area contributed by atoms with Gasteiger partial charge in [0.15, 0.2) is 11.5 Å². The highest BCUT2D eigenvalue weighted by molar-refractivity contribution is 8.00. The molecule has 2 N–H and O–H groups in total. The van der Waals surface area contributed by atoms with Gasteiger partial charge < -0.3 is 10.3 Å². The Morgan fingerprint density at radius 2 is 2.10 bits per heavy atom. The summed E-state index contributed by atoms with van der Waals surface area (Å²) < 4.78 is 23.9. The third-order valence-electron chi connectivity index (χ3n) is 2.72. The highest BCUT2D eigenvalue weighted by Gasteiger charge is 2.07. The van der Waals surface area contributed by atoms with Gasteiger partial charge in [0.2, 0.25) is 0 Å². The summed E-state index contributed by atoms with van der Waals surface area (Å²) in [6, 6.07) is 0. The molecule has 0 aromatic carbocycles. The largest absolute Gasteiger partial charge is 0.382 e. The van der Waals surface area contributed by atoms with Gasteiger partial charge in [-0.3, -0.25) is 0 Å². The average molecular weight is 315 g/mol. The fourth-order valence-corrected chi connectivity index (χ4v) is 3.93. The van der Waals surface area contributed by atoms with Crippen molar-refractivity contribution in [3.8, 4) is 0 Å². The van der Waals surface area contributed by atoms with Crippen LogP contribution in [0.4, 0.5) is 5.82 Å². The predicted molar refractivity (Wildman–Crippen MR) is 81.4 cm³/mol. The van der Waals surface area contributed by atoms with Crippen molar-refractivity contribution in [2.75, 3.05) is 29.2 Å². The van der Waals surface area contributed by atoms with Gasteiger partial charge in [-0.1, -0.05) is 0 Å². The molecule has 2 rings (SSSR count). The van der Waals surface area contributed by atoms with E-state index in [2.05, 4.69) is 15.0 Å². The van der Waals surface area contributed by atoms with Crippen LogP contribution in [0, 0.1) is 0 Å². The van der Waals surface area contributed by atoms with E-state index in [9.17, 15) is 8.42 Å². The molecule has 110 valence electrons. The topological polar surface area (TPSA) is 104 Å². The first-order valence-electron chi connectivity index (χ1n) is 6.14. The van der Waals surface area contributed by atoms with Gasteiger partial charge in [0.05, 0.1) is 12.1 Å². The van der Waals surface area contributed by atoms with Crippen molar-refractivity contribution in [1.29, 1.82) is 0 Å². The van der Waals surface area contributed by atoms with Gasteiger partial charge in [-0.2, -0.15) is 11.8 Å². The van der Waals surface area contributed by atoms with Gasteiger partial charge in [0, 0.05) is 18.6 Å². The molecule has 0 aliphatic carbocycles. The van der Waals surface area contributed by atoms with Crippen molar-refractivity contribution in [2.24, 2.45) is 0 Å². The van der Waals surface area contributed by atoms with Crippen LogP contribution in [0.5, 0.6) is 0 Å². The molecule has 0 atom stereocenters. The number of fused-ring (bicyclic) bond motifs is 1. The first kappa shape index (κ1) is 15.0. The van der Waals surface area contributed by atoms with Crippen LogP contribution in [-0.4, -0.2) is 51.5 Å². The molecule has 0 amide bonds. The van der Waals surface area contributed by atoms with Crippen LogP contribution in [0.3, 0.4) is 0 Å². The minimum Gasteiger partial charge on any atom is -0.382 e. The van der Waals surface area contributed by atoms with Crippen LogP contribution in [0.15, 0.2) is 12.7 Å². The highest BCUT2D eigenvalue weighted by Crippen LogP contribution is 2.15. The first-order valence-corrected chi connectivity index (χ1v) is 9.35. The zero-order chi connectivity index (χ0) is 14.6. The minimum atomic E-state index is -2.85. The molecule has 7 nitrogen and oxygen atoms in total. The van der Waals surface area contributed by atoms with Crippen LogP contribution < -0.4 is 5.73 Å². The maximum atomic E-state index is 11.0. The minimum absolute atomic E-state index is 0.232. The maximum absolute atomic E-state index is 11.0. The molecule has 0 saturated carbocycles. The van der Waals surface area contributed by atoms with Crippen LogP contribution in [-0.2, 0) is 16.4 Å². The quantitative estimate of drug-likeness (QED) is 0.745. The van der Waals surface area contributed by atoms with Crippen molar-refractivity contribution in [3.05, 3.63) is 12.7 Å². The van der Waals surface area contributed by atoms with Crippen LogP contribution >= 0.6 is 11.8 Å². The molecule has 2 aromatic heterocycles. The number of nitrogens with zero attached hydrogens (tertiary/aromatic N) is 4. The second-order valence-electron chi connectivity index (χ2n) is 4.46. The number of sulfone groups is 1. The summed E-state index contributed by atoms with van der Waals surface area (Å²) >= 11 is 1.64. The maximum Gasteiger partial charge on any atom is 0.165 e. The summed E-state index contributed by atoms with van der Waals surface area (Å²) in [6.45, 7) is 0.777. The summed E-state index contributed by atoms with van der Waals surface area (Å²) in [5.41, 5.74) is 7.07. The molecule has 0 fully saturated rings. The van der Waals surface area contributed by atoms with Gasteiger partial charge in [0.1, 0.15) is 21.7 Å². The molecule has 0 aliphatic rings. The normalized spacial score (nSPS) is 12.1. The lowest BCUT2D eigenvalue weighted by Gasteiger charge is -2.04. The average Bonchev–Trinajstić information content (AvgIpc) is 2.77. The van der Waals surface area contributed by atoms with E-state index in [1.807, 2.05) is 4.57 Å². The zero-order valence-corrected chi connectivity index (χ0v) is 12.8. The van der Waals surface area contributed by atoms with E-state index < -0.39 is 9.84 Å². The van der Waals surface area contributed by atoms with Crippen LogP contribution in [0.2, 0.25) is 0 Å². The second-order valence-corrected chi connectivity index (χ2v) is 7.95. The summed E-state index contributed by atoms with van der Waals surface area (Å²) in [5.74, 6) is 2.15. The van der Waals surface area contributed by atoms with E-state index in [0.29, 0.717) is 17.1 Å². The van der Waals surface area contributed by atoms with Crippen molar-refractivity contribution in [2.45, 2.75) is 13.0 Å². The summed E-state index contributed by atoms with van der Waals surface area (Å²) in [5, 5.41) is 0. The number of hydrogen-bond acceptors (Lipinski definition) is 7. The Morgan fingerprint density at radius 1 is 1.30 bits per heavy atom. The summed E-state index contributed by atoms with van der Waals surface area (Å²) in [6.07, 6.45) is 5.31. The highest BCUT2D eigenvalue weighted by atomic mass is 32.2.